The Balaban J connectivity index is 1.58. The normalized spacial score (nSPS) is 34.0. The molecule has 2 N–H and O–H groups in total. The van der Waals surface area contributed by atoms with Gasteiger partial charge in [0.05, 0.1) is 6.10 Å². The molecule has 0 aromatic carbocycles. The molecule has 0 radical (unpaired) electrons. The van der Waals surface area contributed by atoms with Crippen LogP contribution in [-0.2, 0) is 14.3 Å². The highest BCUT2D eigenvalue weighted by Gasteiger charge is 2.55. The third-order valence-corrected chi connectivity index (χ3v) is 5.35. The van der Waals surface area contributed by atoms with Crippen LogP contribution in [0.3, 0.4) is 0 Å². The molecule has 2 aliphatic heterocycles. The number of imide groups is 1. The molecule has 3 atom stereocenters. The van der Waals surface area contributed by atoms with Gasteiger partial charge >= 0.3 is 6.03 Å². The molecule has 128 valence electrons. The first-order chi connectivity index (χ1) is 11.0. The average Bonchev–Trinajstić information content (AvgIpc) is 3.12. The van der Waals surface area contributed by atoms with Crippen molar-refractivity contribution in [1.82, 2.24) is 15.5 Å². The minimum Gasteiger partial charge on any atom is -0.376 e. The number of amides is 4. The van der Waals surface area contributed by atoms with Gasteiger partial charge in [0.1, 0.15) is 12.1 Å². The number of nitrogens with one attached hydrogen (secondary N) is 2. The molecule has 7 heteroatoms. The molecule has 1 aliphatic carbocycles. The van der Waals surface area contributed by atoms with Gasteiger partial charge in [0.2, 0.25) is 5.91 Å². The lowest BCUT2D eigenvalue weighted by molar-refractivity contribution is -0.137. The van der Waals surface area contributed by atoms with Gasteiger partial charge in [-0.05, 0) is 31.6 Å². The van der Waals surface area contributed by atoms with Gasteiger partial charge in [-0.25, -0.2) is 4.79 Å². The third-order valence-electron chi connectivity index (χ3n) is 5.35. The molecule has 3 fully saturated rings. The van der Waals surface area contributed by atoms with Crippen LogP contribution in [0.4, 0.5) is 4.79 Å². The lowest BCUT2D eigenvalue weighted by atomic mass is 9.73. The van der Waals surface area contributed by atoms with Crippen molar-refractivity contribution in [3.63, 3.8) is 0 Å². The zero-order valence-electron chi connectivity index (χ0n) is 13.6. The van der Waals surface area contributed by atoms with E-state index in [0.717, 1.165) is 43.6 Å². The predicted octanol–water partition coefficient (Wildman–Crippen LogP) is 0.782. The van der Waals surface area contributed by atoms with Crippen LogP contribution in [0.1, 0.15) is 45.4 Å². The van der Waals surface area contributed by atoms with Crippen LogP contribution in [0, 0.1) is 5.92 Å². The third kappa shape index (κ3) is 3.06. The Labute approximate surface area is 136 Å². The van der Waals surface area contributed by atoms with Crippen LogP contribution in [0.25, 0.3) is 0 Å². The van der Waals surface area contributed by atoms with Gasteiger partial charge in [0, 0.05) is 13.2 Å². The Hall–Kier alpha value is -1.63. The van der Waals surface area contributed by atoms with E-state index in [1.54, 1.807) is 0 Å². The fraction of sp³-hybridized carbons (Fsp3) is 0.812. The number of hydrogen-bond acceptors (Lipinski definition) is 4. The van der Waals surface area contributed by atoms with Crippen molar-refractivity contribution in [1.29, 1.82) is 0 Å². The highest BCUT2D eigenvalue weighted by atomic mass is 16.5. The Morgan fingerprint density at radius 2 is 2.17 bits per heavy atom. The first-order valence-electron chi connectivity index (χ1n) is 8.55. The Kier molecular flexibility index (Phi) is 4.57. The van der Waals surface area contributed by atoms with E-state index < -0.39 is 11.6 Å². The van der Waals surface area contributed by atoms with Gasteiger partial charge in [-0.1, -0.05) is 19.8 Å². The second kappa shape index (κ2) is 6.47. The van der Waals surface area contributed by atoms with Gasteiger partial charge in [-0.15, -0.1) is 0 Å². The van der Waals surface area contributed by atoms with Crippen molar-refractivity contribution in [2.75, 3.05) is 19.7 Å². The van der Waals surface area contributed by atoms with E-state index in [4.69, 9.17) is 4.74 Å². The fourth-order valence-corrected chi connectivity index (χ4v) is 3.87. The summed E-state index contributed by atoms with van der Waals surface area (Å²) in [6, 6.07) is -0.448. The molecule has 3 aliphatic rings. The Bertz CT molecular complexity index is 504. The zero-order chi connectivity index (χ0) is 16.4. The maximum absolute atomic E-state index is 12.7. The molecule has 4 amide bonds. The van der Waals surface area contributed by atoms with E-state index in [0.29, 0.717) is 13.0 Å². The minimum absolute atomic E-state index is 0.0479. The van der Waals surface area contributed by atoms with E-state index in [-0.39, 0.29) is 30.4 Å². The number of nitrogens with zero attached hydrogens (tertiary/aromatic N) is 1. The molecule has 0 aromatic rings. The van der Waals surface area contributed by atoms with Crippen LogP contribution >= 0.6 is 0 Å². The summed E-state index contributed by atoms with van der Waals surface area (Å²) in [6.45, 7) is 2.95. The number of urea groups is 1. The maximum Gasteiger partial charge on any atom is 0.325 e. The first-order valence-corrected chi connectivity index (χ1v) is 8.55. The summed E-state index contributed by atoms with van der Waals surface area (Å²) < 4.78 is 5.45. The molecule has 1 saturated carbocycles. The molecule has 0 unspecified atom stereocenters. The lowest BCUT2D eigenvalue weighted by Gasteiger charge is -2.36. The van der Waals surface area contributed by atoms with Crippen molar-refractivity contribution in [2.45, 2.75) is 57.1 Å². The standard InChI is InChI=1S/C16H25N3O4/c1-11-5-2-3-7-16(11)14(21)19(15(22)18-16)10-13(20)17-9-12-6-4-8-23-12/h11-12H,2-10H2,1H3,(H,17,20)(H,18,22)/t11-,12+,16+/m1/s1. The van der Waals surface area contributed by atoms with Crippen LogP contribution in [0.2, 0.25) is 0 Å². The van der Waals surface area contributed by atoms with Crippen LogP contribution in [0.15, 0.2) is 0 Å². The average molecular weight is 323 g/mol. The number of rotatable bonds is 4. The van der Waals surface area contributed by atoms with Crippen molar-refractivity contribution in [3.8, 4) is 0 Å². The summed E-state index contributed by atoms with van der Waals surface area (Å²) in [6.07, 6.45) is 5.57. The van der Waals surface area contributed by atoms with E-state index >= 15 is 0 Å². The second-order valence-electron chi connectivity index (χ2n) is 6.88. The molecule has 23 heavy (non-hydrogen) atoms. The number of carbonyl (C=O) groups is 3. The van der Waals surface area contributed by atoms with E-state index in [1.807, 2.05) is 6.92 Å². The summed E-state index contributed by atoms with van der Waals surface area (Å²) in [4.78, 5) is 38.0. The molecule has 2 saturated heterocycles. The van der Waals surface area contributed by atoms with Crippen molar-refractivity contribution in [3.05, 3.63) is 0 Å². The van der Waals surface area contributed by atoms with Crippen molar-refractivity contribution >= 4 is 17.8 Å². The Morgan fingerprint density at radius 3 is 2.87 bits per heavy atom. The number of ether oxygens (including phenoxy) is 1. The van der Waals surface area contributed by atoms with E-state index in [1.165, 1.54) is 0 Å². The summed E-state index contributed by atoms with van der Waals surface area (Å²) in [5.41, 5.74) is -0.801. The number of hydrogen-bond donors (Lipinski definition) is 2. The summed E-state index contributed by atoms with van der Waals surface area (Å²) in [5, 5.41) is 5.61. The SMILES string of the molecule is C[C@@H]1CCCC[C@]12NC(=O)N(CC(=O)NC[C@@H]1CCCO1)C2=O. The van der Waals surface area contributed by atoms with Gasteiger partial charge < -0.3 is 15.4 Å². The quantitative estimate of drug-likeness (QED) is 0.749. The van der Waals surface area contributed by atoms with Gasteiger partial charge in [0.25, 0.3) is 5.91 Å². The maximum atomic E-state index is 12.7. The van der Waals surface area contributed by atoms with Gasteiger partial charge in [0.15, 0.2) is 0 Å². The molecular weight excluding hydrogens is 298 g/mol. The minimum atomic E-state index is -0.801. The summed E-state index contributed by atoms with van der Waals surface area (Å²) in [7, 11) is 0. The van der Waals surface area contributed by atoms with Crippen LogP contribution in [0.5, 0.6) is 0 Å². The molecule has 7 nitrogen and oxygen atoms in total. The summed E-state index contributed by atoms with van der Waals surface area (Å²) in [5.74, 6) is -0.459. The molecule has 2 heterocycles. The molecule has 3 rings (SSSR count). The predicted molar refractivity (Wildman–Crippen MR) is 82.6 cm³/mol. The van der Waals surface area contributed by atoms with E-state index in [2.05, 4.69) is 10.6 Å². The smallest absolute Gasteiger partial charge is 0.325 e. The van der Waals surface area contributed by atoms with Gasteiger partial charge in [-0.2, -0.15) is 0 Å². The number of carbonyl (C=O) groups excluding carboxylic acids is 3. The Morgan fingerprint density at radius 1 is 1.35 bits per heavy atom. The lowest BCUT2D eigenvalue weighted by Crippen LogP contribution is -2.54. The van der Waals surface area contributed by atoms with E-state index in [9.17, 15) is 14.4 Å². The molecule has 0 aromatic heterocycles. The second-order valence-corrected chi connectivity index (χ2v) is 6.88. The molecule has 0 bridgehead atoms. The van der Waals surface area contributed by atoms with Gasteiger partial charge in [-0.3, -0.25) is 14.5 Å². The highest BCUT2D eigenvalue weighted by molar-refractivity contribution is 6.09. The largest absolute Gasteiger partial charge is 0.376 e. The fourth-order valence-electron chi connectivity index (χ4n) is 3.87. The van der Waals surface area contributed by atoms with Crippen molar-refractivity contribution in [2.24, 2.45) is 5.92 Å². The van der Waals surface area contributed by atoms with Crippen molar-refractivity contribution < 1.29 is 19.1 Å². The summed E-state index contributed by atoms with van der Waals surface area (Å²) >= 11 is 0. The van der Waals surface area contributed by atoms with Crippen LogP contribution < -0.4 is 10.6 Å². The monoisotopic (exact) mass is 323 g/mol. The van der Waals surface area contributed by atoms with Crippen LogP contribution in [-0.4, -0.2) is 54.1 Å². The molecular formula is C16H25N3O4. The zero-order valence-corrected chi connectivity index (χ0v) is 13.6. The molecule has 1 spiro atoms. The first kappa shape index (κ1) is 16.2. The highest BCUT2D eigenvalue weighted by Crippen LogP contribution is 2.38. The topological polar surface area (TPSA) is 87.7 Å².